The second kappa shape index (κ2) is 6.24. The van der Waals surface area contributed by atoms with Crippen LogP contribution in [-0.2, 0) is 0 Å². The van der Waals surface area contributed by atoms with Crippen molar-refractivity contribution in [2.45, 2.75) is 6.04 Å². The van der Waals surface area contributed by atoms with Crippen molar-refractivity contribution in [2.75, 3.05) is 14.2 Å². The quantitative estimate of drug-likeness (QED) is 0.934. The smallest absolute Gasteiger partial charge is 0.142 e. The molecule has 5 heteroatoms. The largest absolute Gasteiger partial charge is 0.495 e. The Bertz CT molecular complexity index is 575. The van der Waals surface area contributed by atoms with Gasteiger partial charge in [-0.15, -0.1) is 0 Å². The van der Waals surface area contributed by atoms with Gasteiger partial charge in [0.05, 0.1) is 29.4 Å². The molecule has 0 radical (unpaired) electrons. The van der Waals surface area contributed by atoms with Crippen LogP contribution in [0.1, 0.15) is 17.2 Å². The minimum Gasteiger partial charge on any atom is -0.495 e. The molecule has 100 valence electrons. The lowest BCUT2D eigenvalue weighted by Crippen LogP contribution is -2.18. The summed E-state index contributed by atoms with van der Waals surface area (Å²) in [6, 6.07) is 7.47. The van der Waals surface area contributed by atoms with Crippen LogP contribution in [0.15, 0.2) is 36.7 Å². The van der Waals surface area contributed by atoms with Gasteiger partial charge in [0.15, 0.2) is 0 Å². The molecule has 0 bridgehead atoms. The average Bonchev–Trinajstić information content (AvgIpc) is 2.44. The van der Waals surface area contributed by atoms with E-state index < -0.39 is 0 Å². The molecule has 1 aromatic carbocycles. The zero-order valence-corrected chi connectivity index (χ0v) is 12.2. The monoisotopic (exact) mass is 296 g/mol. The molecule has 0 saturated heterocycles. The van der Waals surface area contributed by atoms with Crippen LogP contribution in [0.5, 0.6) is 5.75 Å². The van der Waals surface area contributed by atoms with Crippen molar-refractivity contribution in [3.05, 3.63) is 57.8 Å². The topological polar surface area (TPSA) is 34.2 Å². The number of halogens is 2. The summed E-state index contributed by atoms with van der Waals surface area (Å²) in [7, 11) is 3.51. The van der Waals surface area contributed by atoms with E-state index >= 15 is 0 Å². The molecule has 1 atom stereocenters. The van der Waals surface area contributed by atoms with Crippen LogP contribution >= 0.6 is 23.2 Å². The molecule has 2 aromatic rings. The van der Waals surface area contributed by atoms with Crippen LogP contribution in [0.3, 0.4) is 0 Å². The van der Waals surface area contributed by atoms with Crippen molar-refractivity contribution in [2.24, 2.45) is 0 Å². The van der Waals surface area contributed by atoms with E-state index in [-0.39, 0.29) is 6.04 Å². The molecule has 0 amide bonds. The number of hydrogen-bond donors (Lipinski definition) is 1. The minimum atomic E-state index is -0.0345. The summed E-state index contributed by atoms with van der Waals surface area (Å²) in [5.74, 6) is 0.730. The van der Waals surface area contributed by atoms with E-state index in [4.69, 9.17) is 27.9 Å². The number of pyridine rings is 1. The lowest BCUT2D eigenvalue weighted by Gasteiger charge is -2.19. The van der Waals surface area contributed by atoms with Crippen molar-refractivity contribution in [1.82, 2.24) is 10.3 Å². The van der Waals surface area contributed by atoms with Gasteiger partial charge < -0.3 is 10.1 Å². The Hall–Kier alpha value is -1.29. The van der Waals surface area contributed by atoms with Gasteiger partial charge in [0.2, 0.25) is 0 Å². The first-order valence-electron chi connectivity index (χ1n) is 5.77. The van der Waals surface area contributed by atoms with E-state index in [1.54, 1.807) is 25.6 Å². The zero-order chi connectivity index (χ0) is 13.8. The molecule has 1 heterocycles. The van der Waals surface area contributed by atoms with Crippen LogP contribution < -0.4 is 10.1 Å². The molecule has 0 fully saturated rings. The molecule has 0 saturated carbocycles. The predicted octanol–water partition coefficient (Wildman–Crippen LogP) is 3.71. The first kappa shape index (κ1) is 14.1. The third-order valence-electron chi connectivity index (χ3n) is 2.91. The van der Waals surface area contributed by atoms with Gasteiger partial charge in [0, 0.05) is 11.8 Å². The van der Waals surface area contributed by atoms with Gasteiger partial charge in [-0.25, -0.2) is 0 Å². The Morgan fingerprint density at radius 1 is 1.21 bits per heavy atom. The third kappa shape index (κ3) is 3.00. The van der Waals surface area contributed by atoms with Crippen molar-refractivity contribution < 1.29 is 4.74 Å². The predicted molar refractivity (Wildman–Crippen MR) is 78.2 cm³/mol. The third-order valence-corrected chi connectivity index (χ3v) is 3.65. The van der Waals surface area contributed by atoms with Crippen molar-refractivity contribution >= 4 is 23.2 Å². The Morgan fingerprint density at radius 2 is 2.00 bits per heavy atom. The number of benzene rings is 1. The molecule has 3 nitrogen and oxygen atoms in total. The van der Waals surface area contributed by atoms with Gasteiger partial charge in [-0.05, 0) is 30.8 Å². The lowest BCUT2D eigenvalue weighted by atomic mass is 9.99. The van der Waals surface area contributed by atoms with Crippen LogP contribution in [-0.4, -0.2) is 19.1 Å². The number of methoxy groups -OCH3 is 1. The number of aromatic nitrogens is 1. The molecule has 0 spiro atoms. The molecular weight excluding hydrogens is 283 g/mol. The highest BCUT2D eigenvalue weighted by Gasteiger charge is 2.17. The van der Waals surface area contributed by atoms with Gasteiger partial charge in [0.1, 0.15) is 5.75 Å². The summed E-state index contributed by atoms with van der Waals surface area (Å²) >= 11 is 12.0. The molecule has 19 heavy (non-hydrogen) atoms. The maximum Gasteiger partial charge on any atom is 0.142 e. The van der Waals surface area contributed by atoms with E-state index in [1.807, 2.05) is 25.2 Å². The van der Waals surface area contributed by atoms with E-state index in [9.17, 15) is 0 Å². The zero-order valence-electron chi connectivity index (χ0n) is 10.7. The van der Waals surface area contributed by atoms with Gasteiger partial charge >= 0.3 is 0 Å². The number of nitrogens with one attached hydrogen (secondary N) is 1. The number of nitrogens with zero attached hydrogens (tertiary/aromatic N) is 1. The van der Waals surface area contributed by atoms with Gasteiger partial charge in [-0.3, -0.25) is 4.98 Å². The lowest BCUT2D eigenvalue weighted by molar-refractivity contribution is 0.403. The number of hydrogen-bond acceptors (Lipinski definition) is 3. The van der Waals surface area contributed by atoms with E-state index in [1.165, 1.54) is 0 Å². The van der Waals surface area contributed by atoms with Gasteiger partial charge in [-0.1, -0.05) is 29.3 Å². The van der Waals surface area contributed by atoms with Gasteiger partial charge in [-0.2, -0.15) is 0 Å². The Kier molecular flexibility index (Phi) is 4.64. The molecule has 1 unspecified atom stereocenters. The van der Waals surface area contributed by atoms with Gasteiger partial charge in [0.25, 0.3) is 0 Å². The normalized spacial score (nSPS) is 12.2. The molecule has 0 aliphatic heterocycles. The Morgan fingerprint density at radius 3 is 2.63 bits per heavy atom. The van der Waals surface area contributed by atoms with Crippen molar-refractivity contribution in [3.8, 4) is 5.75 Å². The summed E-state index contributed by atoms with van der Waals surface area (Å²) in [6.07, 6.45) is 3.43. The fraction of sp³-hybridized carbons (Fsp3) is 0.214. The highest BCUT2D eigenvalue weighted by atomic mass is 35.5. The first-order valence-corrected chi connectivity index (χ1v) is 6.53. The van der Waals surface area contributed by atoms with Crippen molar-refractivity contribution in [3.63, 3.8) is 0 Å². The summed E-state index contributed by atoms with van der Waals surface area (Å²) in [4.78, 5) is 4.06. The first-order chi connectivity index (χ1) is 9.17. The Labute approximate surface area is 122 Å². The number of rotatable bonds is 4. The van der Waals surface area contributed by atoms with Crippen LogP contribution in [0.2, 0.25) is 10.0 Å². The summed E-state index contributed by atoms with van der Waals surface area (Å²) < 4.78 is 5.34. The fourth-order valence-electron chi connectivity index (χ4n) is 1.99. The second-order valence-electron chi connectivity index (χ2n) is 4.01. The van der Waals surface area contributed by atoms with Crippen LogP contribution in [0.25, 0.3) is 0 Å². The Balaban J connectivity index is 2.46. The molecule has 2 rings (SSSR count). The van der Waals surface area contributed by atoms with E-state index in [0.29, 0.717) is 10.0 Å². The van der Waals surface area contributed by atoms with Crippen LogP contribution in [0.4, 0.5) is 0 Å². The SMILES string of the molecule is CNC(c1ccc(Cl)c(Cl)c1)c1ccncc1OC. The standard InChI is InChI=1S/C14H14Cl2N2O/c1-17-14(9-3-4-11(15)12(16)7-9)10-5-6-18-8-13(10)19-2/h3-8,14,17H,1-2H3. The summed E-state index contributed by atoms with van der Waals surface area (Å²) in [5.41, 5.74) is 2.01. The highest BCUT2D eigenvalue weighted by molar-refractivity contribution is 6.42. The molecule has 1 aromatic heterocycles. The van der Waals surface area contributed by atoms with Crippen molar-refractivity contribution in [1.29, 1.82) is 0 Å². The molecule has 0 aliphatic rings. The summed E-state index contributed by atoms with van der Waals surface area (Å²) in [6.45, 7) is 0. The highest BCUT2D eigenvalue weighted by Crippen LogP contribution is 2.32. The maximum atomic E-state index is 6.07. The average molecular weight is 297 g/mol. The summed E-state index contributed by atoms with van der Waals surface area (Å²) in [5, 5.41) is 4.32. The van der Waals surface area contributed by atoms with Crippen LogP contribution in [0, 0.1) is 0 Å². The van der Waals surface area contributed by atoms with E-state index in [2.05, 4.69) is 10.3 Å². The fourth-order valence-corrected chi connectivity index (χ4v) is 2.30. The second-order valence-corrected chi connectivity index (χ2v) is 4.83. The number of ether oxygens (including phenoxy) is 1. The van der Waals surface area contributed by atoms with E-state index in [0.717, 1.165) is 16.9 Å². The molecular formula is C14H14Cl2N2O. The maximum absolute atomic E-state index is 6.07. The minimum absolute atomic E-state index is 0.0345. The molecule has 0 aliphatic carbocycles. The molecule has 1 N–H and O–H groups in total.